The standard InChI is InChI=1S/C16H12FNO2/c1-20-12-6-7-13-14(16(19)18-15(13)9-12)8-10-2-4-11(17)5-3-10/h2-9H,1H3,(H,18,19)/b14-8+. The van der Waals surface area contributed by atoms with Gasteiger partial charge in [0.1, 0.15) is 11.6 Å². The van der Waals surface area contributed by atoms with E-state index < -0.39 is 0 Å². The number of rotatable bonds is 2. The van der Waals surface area contributed by atoms with E-state index in [9.17, 15) is 9.18 Å². The van der Waals surface area contributed by atoms with E-state index >= 15 is 0 Å². The molecule has 0 radical (unpaired) electrons. The van der Waals surface area contributed by atoms with Crippen LogP contribution in [-0.4, -0.2) is 13.0 Å². The molecule has 2 aromatic rings. The minimum Gasteiger partial charge on any atom is -0.497 e. The Kier molecular flexibility index (Phi) is 2.99. The Morgan fingerprint density at radius 2 is 1.90 bits per heavy atom. The molecule has 1 aliphatic heterocycles. The first kappa shape index (κ1) is 12.4. The normalized spacial score (nSPS) is 15.1. The molecule has 0 spiro atoms. The highest BCUT2D eigenvalue weighted by atomic mass is 19.1. The molecule has 0 saturated carbocycles. The quantitative estimate of drug-likeness (QED) is 0.849. The fraction of sp³-hybridized carbons (Fsp3) is 0.0625. The van der Waals surface area contributed by atoms with Crippen LogP contribution in [0.5, 0.6) is 5.75 Å². The maximum atomic E-state index is 12.9. The van der Waals surface area contributed by atoms with Crippen LogP contribution in [0.25, 0.3) is 11.6 Å². The lowest BCUT2D eigenvalue weighted by molar-refractivity contribution is -0.110. The molecule has 3 rings (SSSR count). The Labute approximate surface area is 115 Å². The largest absolute Gasteiger partial charge is 0.497 e. The monoisotopic (exact) mass is 269 g/mol. The molecule has 100 valence electrons. The fourth-order valence-corrected chi connectivity index (χ4v) is 2.17. The van der Waals surface area contributed by atoms with Gasteiger partial charge < -0.3 is 10.1 Å². The maximum Gasteiger partial charge on any atom is 0.256 e. The van der Waals surface area contributed by atoms with Crippen molar-refractivity contribution in [1.29, 1.82) is 0 Å². The molecule has 0 aromatic heterocycles. The van der Waals surface area contributed by atoms with Crippen LogP contribution in [-0.2, 0) is 4.79 Å². The summed E-state index contributed by atoms with van der Waals surface area (Å²) in [5.41, 5.74) is 2.89. The first-order valence-corrected chi connectivity index (χ1v) is 6.14. The third kappa shape index (κ3) is 2.16. The van der Waals surface area contributed by atoms with Gasteiger partial charge in [-0.2, -0.15) is 0 Å². The lowest BCUT2D eigenvalue weighted by Crippen LogP contribution is -2.03. The number of methoxy groups -OCH3 is 1. The van der Waals surface area contributed by atoms with Crippen LogP contribution in [0.1, 0.15) is 11.1 Å². The molecule has 1 N–H and O–H groups in total. The second-order valence-electron chi connectivity index (χ2n) is 4.48. The van der Waals surface area contributed by atoms with Gasteiger partial charge in [0.15, 0.2) is 0 Å². The molecule has 0 unspecified atom stereocenters. The molecular weight excluding hydrogens is 257 g/mol. The average molecular weight is 269 g/mol. The number of anilines is 1. The van der Waals surface area contributed by atoms with Crippen LogP contribution in [0.3, 0.4) is 0 Å². The number of halogens is 1. The summed E-state index contributed by atoms with van der Waals surface area (Å²) in [6, 6.07) is 11.4. The van der Waals surface area contributed by atoms with Crippen molar-refractivity contribution < 1.29 is 13.9 Å². The zero-order valence-corrected chi connectivity index (χ0v) is 10.8. The summed E-state index contributed by atoms with van der Waals surface area (Å²) < 4.78 is 18.0. The number of amides is 1. The van der Waals surface area contributed by atoms with Crippen molar-refractivity contribution in [3.8, 4) is 5.75 Å². The van der Waals surface area contributed by atoms with Gasteiger partial charge in [0.25, 0.3) is 5.91 Å². The highest BCUT2D eigenvalue weighted by Crippen LogP contribution is 2.35. The highest BCUT2D eigenvalue weighted by molar-refractivity contribution is 6.35. The molecule has 0 atom stereocenters. The molecule has 20 heavy (non-hydrogen) atoms. The molecular formula is C16H12FNO2. The van der Waals surface area contributed by atoms with Crippen molar-refractivity contribution in [1.82, 2.24) is 0 Å². The molecule has 0 fully saturated rings. The first-order valence-electron chi connectivity index (χ1n) is 6.14. The molecule has 3 nitrogen and oxygen atoms in total. The topological polar surface area (TPSA) is 38.3 Å². The molecule has 1 aliphatic rings. The van der Waals surface area contributed by atoms with Crippen molar-refractivity contribution in [2.45, 2.75) is 0 Å². The van der Waals surface area contributed by atoms with Gasteiger partial charge in [-0.15, -0.1) is 0 Å². The minimum absolute atomic E-state index is 0.169. The zero-order chi connectivity index (χ0) is 14.1. The van der Waals surface area contributed by atoms with E-state index in [0.29, 0.717) is 11.3 Å². The third-order valence-electron chi connectivity index (χ3n) is 3.19. The van der Waals surface area contributed by atoms with Crippen LogP contribution in [0.4, 0.5) is 10.1 Å². The summed E-state index contributed by atoms with van der Waals surface area (Å²) >= 11 is 0. The summed E-state index contributed by atoms with van der Waals surface area (Å²) in [7, 11) is 1.58. The number of hydrogen-bond acceptors (Lipinski definition) is 2. The van der Waals surface area contributed by atoms with E-state index in [2.05, 4.69) is 5.32 Å². The van der Waals surface area contributed by atoms with E-state index in [1.807, 2.05) is 6.07 Å². The Balaban J connectivity index is 2.03. The van der Waals surface area contributed by atoms with Crippen LogP contribution in [0.15, 0.2) is 42.5 Å². The molecule has 0 aliphatic carbocycles. The summed E-state index contributed by atoms with van der Waals surface area (Å²) in [6.07, 6.45) is 1.74. The van der Waals surface area contributed by atoms with E-state index in [-0.39, 0.29) is 11.7 Å². The average Bonchev–Trinajstić information content (AvgIpc) is 2.76. The third-order valence-corrected chi connectivity index (χ3v) is 3.19. The van der Waals surface area contributed by atoms with Crippen LogP contribution in [0, 0.1) is 5.82 Å². The van der Waals surface area contributed by atoms with E-state index in [0.717, 1.165) is 16.8 Å². The lowest BCUT2D eigenvalue weighted by atomic mass is 10.0. The number of benzene rings is 2. The summed E-state index contributed by atoms with van der Waals surface area (Å²) in [4.78, 5) is 12.0. The van der Waals surface area contributed by atoms with Gasteiger partial charge in [0, 0.05) is 17.2 Å². The van der Waals surface area contributed by atoms with Crippen molar-refractivity contribution in [2.75, 3.05) is 12.4 Å². The van der Waals surface area contributed by atoms with E-state index in [1.165, 1.54) is 12.1 Å². The summed E-state index contributed by atoms with van der Waals surface area (Å²) in [5, 5.41) is 2.79. The predicted molar refractivity (Wildman–Crippen MR) is 75.9 cm³/mol. The second-order valence-corrected chi connectivity index (χ2v) is 4.48. The van der Waals surface area contributed by atoms with Crippen molar-refractivity contribution in [3.63, 3.8) is 0 Å². The van der Waals surface area contributed by atoms with E-state index in [4.69, 9.17) is 4.74 Å². The number of carbonyl (C=O) groups excluding carboxylic acids is 1. The van der Waals surface area contributed by atoms with E-state index in [1.54, 1.807) is 37.5 Å². The van der Waals surface area contributed by atoms with Crippen molar-refractivity contribution in [3.05, 3.63) is 59.4 Å². The molecule has 4 heteroatoms. The SMILES string of the molecule is COc1ccc2c(c1)NC(=O)/C2=C/c1ccc(F)cc1. The van der Waals surface area contributed by atoms with Crippen LogP contribution >= 0.6 is 0 Å². The number of ether oxygens (including phenoxy) is 1. The van der Waals surface area contributed by atoms with Gasteiger partial charge in [-0.1, -0.05) is 12.1 Å². The minimum atomic E-state index is -0.298. The van der Waals surface area contributed by atoms with Crippen molar-refractivity contribution >= 4 is 23.2 Å². The Hall–Kier alpha value is -2.62. The Bertz CT molecular complexity index is 705. The Morgan fingerprint density at radius 3 is 2.60 bits per heavy atom. The van der Waals surface area contributed by atoms with Gasteiger partial charge in [0.05, 0.1) is 12.8 Å². The van der Waals surface area contributed by atoms with Gasteiger partial charge in [-0.25, -0.2) is 4.39 Å². The molecule has 2 aromatic carbocycles. The predicted octanol–water partition coefficient (Wildman–Crippen LogP) is 3.33. The van der Waals surface area contributed by atoms with Crippen LogP contribution in [0.2, 0.25) is 0 Å². The van der Waals surface area contributed by atoms with Crippen LogP contribution < -0.4 is 10.1 Å². The van der Waals surface area contributed by atoms with Gasteiger partial charge in [-0.3, -0.25) is 4.79 Å². The summed E-state index contributed by atoms with van der Waals surface area (Å²) in [5.74, 6) is 0.220. The molecule has 0 saturated heterocycles. The number of fused-ring (bicyclic) bond motifs is 1. The smallest absolute Gasteiger partial charge is 0.256 e. The molecule has 0 bridgehead atoms. The molecule has 1 amide bonds. The maximum absolute atomic E-state index is 12.9. The molecule has 1 heterocycles. The van der Waals surface area contributed by atoms with Gasteiger partial charge in [-0.05, 0) is 35.9 Å². The number of nitrogens with one attached hydrogen (secondary N) is 1. The van der Waals surface area contributed by atoms with Gasteiger partial charge >= 0.3 is 0 Å². The second kappa shape index (κ2) is 4.81. The highest BCUT2D eigenvalue weighted by Gasteiger charge is 2.24. The Morgan fingerprint density at radius 1 is 1.15 bits per heavy atom. The number of hydrogen-bond donors (Lipinski definition) is 1. The van der Waals surface area contributed by atoms with Crippen molar-refractivity contribution in [2.24, 2.45) is 0 Å². The first-order chi connectivity index (χ1) is 9.67. The fourth-order valence-electron chi connectivity index (χ4n) is 2.17. The summed E-state index contributed by atoms with van der Waals surface area (Å²) in [6.45, 7) is 0. The number of carbonyl (C=O) groups is 1. The zero-order valence-electron chi connectivity index (χ0n) is 10.8. The lowest BCUT2D eigenvalue weighted by Gasteiger charge is -2.02. The van der Waals surface area contributed by atoms with Gasteiger partial charge in [0.2, 0.25) is 0 Å².